The Morgan fingerprint density at radius 1 is 3.00 bits per heavy atom. The molecule has 0 aromatic carbocycles. The molecule has 0 fully saturated rings. The molecule has 0 rings (SSSR count). The van der Waals surface area contributed by atoms with E-state index in [1.165, 1.54) is 0 Å². The van der Waals surface area contributed by atoms with Crippen molar-refractivity contribution in [2.75, 3.05) is 6.01 Å². The predicted octanol–water partition coefficient (Wildman–Crippen LogP) is 0.581. The van der Waals surface area contributed by atoms with Gasteiger partial charge in [0.15, 0.2) is 0 Å². The minimum Gasteiger partial charge on any atom is -0.115 e. The molecule has 0 heterocycles. The molecule has 0 saturated carbocycles. The van der Waals surface area contributed by atoms with Crippen LogP contribution >= 0.6 is 17.1 Å². The number of hydrogen-bond donors (Lipinski definition) is 0. The maximum absolute atomic E-state index is 6.76. The van der Waals surface area contributed by atoms with Crippen molar-refractivity contribution in [3.8, 4) is 0 Å². The van der Waals surface area contributed by atoms with Crippen LogP contribution in [0.5, 0.6) is 0 Å². The molecule has 2 unspecified atom stereocenters. The van der Waals surface area contributed by atoms with Crippen molar-refractivity contribution in [1.29, 1.82) is 1.28 Å². The quantitative estimate of drug-likeness (QED) is 0.330. The molecule has 0 amide bonds. The zero-order chi connectivity index (χ0) is 6.08. The van der Waals surface area contributed by atoms with Gasteiger partial charge in [-0.2, -0.15) is 0 Å². The van der Waals surface area contributed by atoms with E-state index in [0.717, 1.165) is 0 Å². The summed E-state index contributed by atoms with van der Waals surface area (Å²) in [6.07, 6.45) is 0. The number of hydrogen-bond acceptors (Lipinski definition) is 0. The lowest BCUT2D eigenvalue weighted by Crippen LogP contribution is -1.55. The van der Waals surface area contributed by atoms with E-state index in [4.69, 9.17) is 11.9 Å². The van der Waals surface area contributed by atoms with Gasteiger partial charge in [-0.3, -0.25) is 0 Å². The van der Waals surface area contributed by atoms with Gasteiger partial charge in [0.1, 0.15) is 0 Å². The summed E-state index contributed by atoms with van der Waals surface area (Å²) in [6.45, 7) is 0. The van der Waals surface area contributed by atoms with Gasteiger partial charge in [-0.15, -0.1) is 17.1 Å². The third-order valence-corrected chi connectivity index (χ3v) is 0.671. The molecular formula is CH5BP2. The lowest BCUT2D eigenvalue weighted by molar-refractivity contribution is 2.24. The van der Waals surface area contributed by atoms with Crippen molar-refractivity contribution in [1.82, 2.24) is 0 Å². The summed E-state index contributed by atoms with van der Waals surface area (Å²) in [6, 6.07) is -1.81. The van der Waals surface area contributed by atoms with E-state index in [-0.39, 0.29) is 0 Å². The highest BCUT2D eigenvalue weighted by Gasteiger charge is 1.55. The molecule has 0 spiro atoms. The maximum atomic E-state index is 6.76. The van der Waals surface area contributed by atoms with E-state index in [0.29, 0.717) is 0 Å². The van der Waals surface area contributed by atoms with Crippen LogP contribution in [-0.2, 0) is 0 Å². The van der Waals surface area contributed by atoms with Crippen LogP contribution in [0, 0.1) is 0 Å². The Kier molecular flexibility index (Phi) is 1.55. The van der Waals surface area contributed by atoms with Gasteiger partial charge in [-0.1, -0.05) is 6.01 Å². The summed E-state index contributed by atoms with van der Waals surface area (Å²) in [5.41, 5.74) is 0. The van der Waals surface area contributed by atoms with Crippen LogP contribution < -0.4 is 0 Å². The minimum absolute atomic E-state index is 1.46. The smallest absolute Gasteiger partial charge is 0.0716 e. The first kappa shape index (κ1) is 1.58. The first-order valence-corrected chi connectivity index (χ1v) is 3.28. The second-order valence-electron chi connectivity index (χ2n) is 0.258. The Morgan fingerprint density at radius 2 is 3.25 bits per heavy atom. The zero-order valence-corrected chi connectivity index (χ0v) is 4.15. The standard InChI is InChI=1S/CH5BP2/c2-1-4-3/h4H,1,3H2/i1T2,4D. The van der Waals surface area contributed by atoms with Crippen LogP contribution in [0.25, 0.3) is 0 Å². The van der Waals surface area contributed by atoms with Crippen LogP contribution in [0.2, 0.25) is 0 Å². The molecule has 0 aromatic rings. The molecule has 3 heteroatoms. The molecule has 0 saturated heterocycles. The van der Waals surface area contributed by atoms with Crippen molar-refractivity contribution in [2.45, 2.75) is 0 Å². The molecule has 0 aliphatic carbocycles. The molecule has 0 aliphatic rings. The van der Waals surface area contributed by atoms with E-state index >= 15 is 0 Å². The summed E-state index contributed by atoms with van der Waals surface area (Å²) in [5.74, 6) is 0. The van der Waals surface area contributed by atoms with E-state index in [9.17, 15) is 0 Å². The topological polar surface area (TPSA) is 0 Å². The van der Waals surface area contributed by atoms with Crippen LogP contribution in [0.15, 0.2) is 0 Å². The molecule has 2 radical (unpaired) electrons. The fourth-order valence-corrected chi connectivity index (χ4v) is 0. The molecule has 4 heavy (non-hydrogen) atoms. The van der Waals surface area contributed by atoms with E-state index in [1.54, 1.807) is 0 Å². The van der Waals surface area contributed by atoms with E-state index in [2.05, 4.69) is 0 Å². The lowest BCUT2D eigenvalue weighted by atomic mass is 10.2. The monoisotopic (exact) mass is 95.0 g/mol. The van der Waals surface area contributed by atoms with Crippen molar-refractivity contribution < 1.29 is 2.74 Å². The van der Waals surface area contributed by atoms with Gasteiger partial charge in [0.2, 0.25) is 0 Å². The van der Waals surface area contributed by atoms with Crippen molar-refractivity contribution in [2.24, 2.45) is 0 Å². The van der Waals surface area contributed by atoms with Crippen LogP contribution in [0.3, 0.4) is 0 Å². The maximum Gasteiger partial charge on any atom is 0.0716 e. The van der Waals surface area contributed by atoms with Gasteiger partial charge in [-0.05, 0) is 0 Å². The van der Waals surface area contributed by atoms with Gasteiger partial charge in [0.25, 0.3) is 0 Å². The highest BCUT2D eigenvalue weighted by molar-refractivity contribution is 8.03. The Labute approximate surface area is 36.1 Å². The predicted molar refractivity (Wildman–Crippen MR) is 28.6 cm³/mol. The Bertz CT molecular complexity index is 58.4. The normalized spacial score (nSPS) is 29.8. The van der Waals surface area contributed by atoms with Crippen molar-refractivity contribution >= 4 is 25.0 Å². The number of rotatable bonds is 1. The van der Waals surface area contributed by atoms with Crippen LogP contribution in [-0.4, -0.2) is 15.1 Å². The summed E-state index contributed by atoms with van der Waals surface area (Å²) >= 11 is 0. The molecule has 2 atom stereocenters. The second kappa shape index (κ2) is 3.92. The van der Waals surface area contributed by atoms with Gasteiger partial charge < -0.3 is 0 Å². The fraction of sp³-hybridized carbons (Fsp3) is 1.00. The Hall–Kier alpha value is 0.925. The largest absolute Gasteiger partial charge is 0.115 e. The average Bonchev–Trinajstić information content (AvgIpc) is 1.31. The molecule has 22 valence electrons. The first-order valence-electron chi connectivity index (χ1n) is 2.22. The average molecular weight is 94.8 g/mol. The third-order valence-electron chi connectivity index (χ3n) is 0.0745. The summed E-state index contributed by atoms with van der Waals surface area (Å²) in [5, 5.41) is 0. The van der Waals surface area contributed by atoms with E-state index < -0.39 is 14.2 Å². The molecule has 0 N–H and O–H groups in total. The molecular weight excluding hydrogens is 84.8 g/mol. The summed E-state index contributed by atoms with van der Waals surface area (Å²) < 4.78 is 20.1. The van der Waals surface area contributed by atoms with Gasteiger partial charge in [0, 0.05) is 2.74 Å². The highest BCUT2D eigenvalue weighted by Crippen LogP contribution is 2.15. The van der Waals surface area contributed by atoms with Gasteiger partial charge in [-0.25, -0.2) is 0 Å². The van der Waals surface area contributed by atoms with Crippen molar-refractivity contribution in [3.05, 3.63) is 0 Å². The molecule has 0 aliphatic heterocycles. The zero-order valence-electron chi connectivity index (χ0n) is 5.10. The fourth-order valence-electron chi connectivity index (χ4n) is 0. The third kappa shape index (κ3) is 2.92. The van der Waals surface area contributed by atoms with E-state index in [1.807, 2.05) is 8.93 Å². The minimum atomic E-state index is -1.81. The van der Waals surface area contributed by atoms with Gasteiger partial charge in [0.05, 0.1) is 9.12 Å². The molecule has 0 aromatic heterocycles. The first-order chi connectivity index (χ1) is 2.94. The molecule has 0 nitrogen and oxygen atoms in total. The van der Waals surface area contributed by atoms with Crippen LogP contribution in [0.1, 0.15) is 2.74 Å². The Morgan fingerprint density at radius 3 is 3.25 bits per heavy atom. The molecule has 0 bridgehead atoms. The summed E-state index contributed by atoms with van der Waals surface area (Å²) in [4.78, 5) is 0. The van der Waals surface area contributed by atoms with Crippen molar-refractivity contribution in [3.63, 3.8) is 0 Å². The Balaban J connectivity index is 3.54. The summed E-state index contributed by atoms with van der Waals surface area (Å²) in [7, 11) is 5.40. The highest BCUT2D eigenvalue weighted by atomic mass is 32.0. The lowest BCUT2D eigenvalue weighted by Gasteiger charge is -1.69. The SMILES string of the molecule is [2H]P(P)C([3H])([3H])[B]. The van der Waals surface area contributed by atoms with Crippen LogP contribution in [0.4, 0.5) is 0 Å². The second-order valence-corrected chi connectivity index (χ2v) is 1.55. The van der Waals surface area contributed by atoms with Gasteiger partial charge >= 0.3 is 0 Å².